The number of hydrogen-bond acceptors (Lipinski definition) is 24. The van der Waals surface area contributed by atoms with Crippen LogP contribution in [0.5, 0.6) is 23.0 Å². The van der Waals surface area contributed by atoms with Gasteiger partial charge in [0.1, 0.15) is 49.4 Å². The zero-order valence-corrected chi connectivity index (χ0v) is 49.6. The summed E-state index contributed by atoms with van der Waals surface area (Å²) in [4.78, 5) is -0.0953. The first kappa shape index (κ1) is 72.8. The molecule has 0 bridgehead atoms. The molecule has 6 N–H and O–H groups in total. The summed E-state index contributed by atoms with van der Waals surface area (Å²) in [7, 11) is -4.55. The zero-order chi connectivity index (χ0) is 60.7. The summed E-state index contributed by atoms with van der Waals surface area (Å²) in [6, 6.07) is 20.3. The van der Waals surface area contributed by atoms with E-state index in [0.717, 1.165) is 0 Å². The highest BCUT2D eigenvalue weighted by Gasteiger charge is 2.31. The number of rotatable bonds is 56. The molecule has 25 heteroatoms. The van der Waals surface area contributed by atoms with E-state index in [1.807, 2.05) is 0 Å². The predicted octanol–water partition coefficient (Wildman–Crippen LogP) is 2.61. The van der Waals surface area contributed by atoms with E-state index in [9.17, 15) is 10.2 Å². The molecule has 4 rings (SSSR count). The lowest BCUT2D eigenvalue weighted by molar-refractivity contribution is 0.00355. The fraction of sp³-hybridized carbons (Fsp3) is 0.600. The van der Waals surface area contributed by atoms with Crippen LogP contribution in [-0.2, 0) is 79.5 Å². The number of aliphatic hydroxyl groups is 6. The van der Waals surface area contributed by atoms with E-state index in [0.29, 0.717) is 122 Å². The second-order valence-corrected chi connectivity index (χ2v) is 19.9. The monoisotopic (exact) mass is 1230 g/mol. The highest BCUT2D eigenvalue weighted by Crippen LogP contribution is 2.44. The van der Waals surface area contributed by atoms with Crippen molar-refractivity contribution in [2.45, 2.75) is 22.6 Å². The van der Waals surface area contributed by atoms with Crippen LogP contribution in [0.15, 0.2) is 82.6 Å². The molecule has 0 heterocycles. The minimum Gasteiger partial charge on any atom is -0.491 e. The van der Waals surface area contributed by atoms with Crippen molar-refractivity contribution in [3.05, 3.63) is 83.9 Å². The van der Waals surface area contributed by atoms with Gasteiger partial charge in [0.15, 0.2) is 0 Å². The zero-order valence-electron chi connectivity index (χ0n) is 48.8. The fourth-order valence-electron chi connectivity index (χ4n) is 8.14. The molecule has 0 aliphatic heterocycles. The molecule has 0 aliphatic carbocycles. The molecule has 0 aliphatic rings. The Morgan fingerprint density at radius 1 is 0.259 bits per heavy atom. The Kier molecular flexibility index (Phi) is 40.6. The molecule has 0 saturated carbocycles. The van der Waals surface area contributed by atoms with Crippen LogP contribution in [0.2, 0.25) is 0 Å². The quantitative estimate of drug-likeness (QED) is 0.0346. The van der Waals surface area contributed by atoms with Gasteiger partial charge in [-0.2, -0.15) is 0 Å². The fourth-order valence-corrected chi connectivity index (χ4v) is 9.89. The maximum Gasteiger partial charge on any atom is 0.207 e. The van der Waals surface area contributed by atoms with Gasteiger partial charge in [0.2, 0.25) is 9.84 Å². The average molecular weight is 1230 g/mol. The van der Waals surface area contributed by atoms with Crippen LogP contribution in [0, 0.1) is 0 Å². The van der Waals surface area contributed by atoms with Crippen molar-refractivity contribution in [2.75, 3.05) is 225 Å². The van der Waals surface area contributed by atoms with Gasteiger partial charge in [0.25, 0.3) is 0 Å². The number of aliphatic hydroxyl groups excluding tert-OH is 6. The number of ether oxygens (including phenoxy) is 16. The Morgan fingerprint density at radius 3 is 0.765 bits per heavy atom. The lowest BCUT2D eigenvalue weighted by Crippen LogP contribution is -2.16. The molecule has 0 amide bonds. The van der Waals surface area contributed by atoms with Crippen molar-refractivity contribution in [3.63, 3.8) is 0 Å². The van der Waals surface area contributed by atoms with Crippen molar-refractivity contribution < 1.29 is 115 Å². The third-order valence-electron chi connectivity index (χ3n) is 11.9. The van der Waals surface area contributed by atoms with Gasteiger partial charge in [-0.3, -0.25) is 0 Å². The molecule has 0 fully saturated rings. The molecule has 0 radical (unpaired) electrons. The number of hydrogen-bond donors (Lipinski definition) is 6. The Morgan fingerprint density at radius 2 is 0.494 bits per heavy atom. The summed E-state index contributed by atoms with van der Waals surface area (Å²) in [5.41, 5.74) is 2.74. The predicted molar refractivity (Wildman–Crippen MR) is 311 cm³/mol. The van der Waals surface area contributed by atoms with Gasteiger partial charge in [-0.25, -0.2) is 8.42 Å². The summed E-state index contributed by atoms with van der Waals surface area (Å²) < 4.78 is 124. The molecule has 480 valence electrons. The molecule has 0 spiro atoms. The van der Waals surface area contributed by atoms with E-state index < -0.39 is 9.84 Å². The minimum atomic E-state index is -4.55. The van der Waals surface area contributed by atoms with E-state index in [-0.39, 0.29) is 181 Å². The molecule has 85 heavy (non-hydrogen) atoms. The van der Waals surface area contributed by atoms with Crippen LogP contribution in [-0.4, -0.2) is 264 Å². The Labute approximate surface area is 499 Å². The van der Waals surface area contributed by atoms with Gasteiger partial charge in [0.05, 0.1) is 208 Å². The summed E-state index contributed by atoms with van der Waals surface area (Å²) in [5, 5.41) is 55.1. The van der Waals surface area contributed by atoms with Crippen LogP contribution in [0.1, 0.15) is 11.1 Å². The van der Waals surface area contributed by atoms with Crippen LogP contribution < -0.4 is 18.9 Å². The third kappa shape index (κ3) is 29.2. The molecule has 0 saturated heterocycles. The lowest BCUT2D eigenvalue weighted by Gasteiger charge is -2.23. The third-order valence-corrected chi connectivity index (χ3v) is 13.8. The topological polar surface area (TPSA) is 303 Å². The van der Waals surface area contributed by atoms with Crippen molar-refractivity contribution >= 4 is 9.84 Å². The number of sulfone groups is 1. The summed E-state index contributed by atoms with van der Waals surface area (Å²) in [6.07, 6.45) is 0.339. The molecule has 24 nitrogen and oxygen atoms in total. The Balaban J connectivity index is 1.80. The van der Waals surface area contributed by atoms with Gasteiger partial charge in [-0.1, -0.05) is 24.3 Å². The van der Waals surface area contributed by atoms with Crippen molar-refractivity contribution in [1.82, 2.24) is 0 Å². The first-order chi connectivity index (χ1) is 41.8. The summed E-state index contributed by atoms with van der Waals surface area (Å²) in [5.74, 6) is 1.76. The second kappa shape index (κ2) is 47.4. The highest BCUT2D eigenvalue weighted by atomic mass is 32.2. The maximum absolute atomic E-state index is 16.1. The van der Waals surface area contributed by atoms with Gasteiger partial charge >= 0.3 is 0 Å². The maximum atomic E-state index is 16.1. The first-order valence-electron chi connectivity index (χ1n) is 28.7. The van der Waals surface area contributed by atoms with Crippen LogP contribution in [0.3, 0.4) is 0 Å². The van der Waals surface area contributed by atoms with Crippen molar-refractivity contribution in [1.29, 1.82) is 0 Å². The van der Waals surface area contributed by atoms with Crippen molar-refractivity contribution in [3.8, 4) is 45.3 Å². The van der Waals surface area contributed by atoms with Crippen LogP contribution >= 0.6 is 0 Å². The van der Waals surface area contributed by atoms with E-state index >= 15 is 8.42 Å². The molecule has 0 unspecified atom stereocenters. The molecule has 0 atom stereocenters. The molecular weight excluding hydrogens is 1140 g/mol. The van der Waals surface area contributed by atoms with Gasteiger partial charge < -0.3 is 106 Å². The van der Waals surface area contributed by atoms with Gasteiger partial charge in [-0.15, -0.1) is 0 Å². The first-order valence-corrected chi connectivity index (χ1v) is 30.2. The number of benzene rings is 4. The van der Waals surface area contributed by atoms with E-state index in [1.165, 1.54) is 12.1 Å². The summed E-state index contributed by atoms with van der Waals surface area (Å²) in [6.45, 7) is 5.73. The molecule has 4 aromatic rings. The van der Waals surface area contributed by atoms with Crippen LogP contribution in [0.4, 0.5) is 0 Å². The smallest absolute Gasteiger partial charge is 0.207 e. The Bertz CT molecular complexity index is 2240. The highest BCUT2D eigenvalue weighted by molar-refractivity contribution is 7.91. The molecule has 4 aromatic carbocycles. The largest absolute Gasteiger partial charge is 0.491 e. The van der Waals surface area contributed by atoms with E-state index in [4.69, 9.17) is 96.2 Å². The van der Waals surface area contributed by atoms with Crippen LogP contribution in [0.25, 0.3) is 22.3 Å². The summed E-state index contributed by atoms with van der Waals surface area (Å²) >= 11 is 0. The normalized spacial score (nSPS) is 11.6. The lowest BCUT2D eigenvalue weighted by atomic mass is 9.96. The van der Waals surface area contributed by atoms with Crippen molar-refractivity contribution in [2.24, 2.45) is 0 Å². The van der Waals surface area contributed by atoms with E-state index in [2.05, 4.69) is 0 Å². The SMILES string of the molecule is O=S(=O)(c1ccc(OCCOCCOCCOCCO)c(CCOCCO)c1-c1ccc(OCCOCCOCCO)cc1)c1ccc(OCCOCCOCCOCCO)c(CCOCCO)c1-c1ccc(OCCOCCOCCO)cc1. The van der Waals surface area contributed by atoms with Gasteiger partial charge in [-0.05, 0) is 59.7 Å². The van der Waals surface area contributed by atoms with E-state index in [1.54, 1.807) is 60.7 Å². The molecule has 0 aromatic heterocycles. The van der Waals surface area contributed by atoms with Gasteiger partial charge in [0, 0.05) is 35.1 Å². The minimum absolute atomic E-state index is 0.0449. The standard InChI is InChI=1S/C60H90O24S/c61-15-23-69-21-13-53-55(83-47-43-79-39-37-75-33-29-71-25-17-63)9-11-57(59(53)49-1-5-51(6-2-49)81-45-41-77-35-31-73-27-19-65)85(67,68)58-12-10-56(84-48-44-80-40-38-76-34-30-72-26-18-64)54(14-22-70-24-16-62)60(58)50-3-7-52(8-4-50)82-46-42-78-36-32-74-28-20-66/h1-12,61-66H,13-48H2. The molecular formula is C60H90O24S. The Hall–Kier alpha value is -4.69. The second-order valence-electron chi connectivity index (χ2n) is 18.0. The average Bonchev–Trinajstić information content (AvgIpc) is 1.63.